The summed E-state index contributed by atoms with van der Waals surface area (Å²) < 4.78 is 13.6. The molecule has 0 saturated carbocycles. The molecule has 1 aromatic carbocycles. The molecular weight excluding hydrogens is 213 g/mol. The molecule has 0 bridgehead atoms. The van der Waals surface area contributed by atoms with Crippen molar-refractivity contribution in [3.8, 4) is 0 Å². The molecule has 1 aromatic rings. The highest BCUT2D eigenvalue weighted by molar-refractivity contribution is 6.30. The summed E-state index contributed by atoms with van der Waals surface area (Å²) in [6.07, 6.45) is 1.44. The lowest BCUT2D eigenvalue weighted by Crippen LogP contribution is -2.03. The molecule has 84 valence electrons. The Kier molecular flexibility index (Phi) is 4.55. The second kappa shape index (κ2) is 5.47. The van der Waals surface area contributed by atoms with Gasteiger partial charge in [-0.3, -0.25) is 0 Å². The van der Waals surface area contributed by atoms with Crippen LogP contribution in [0.5, 0.6) is 0 Å². The maximum Gasteiger partial charge on any atom is 0.144 e. The Bertz CT molecular complexity index is 337. The highest BCUT2D eigenvalue weighted by Crippen LogP contribution is 2.26. The maximum atomic E-state index is 13.6. The van der Waals surface area contributed by atoms with Crippen molar-refractivity contribution in [2.24, 2.45) is 5.73 Å². The second-order valence-electron chi connectivity index (χ2n) is 4.02. The summed E-state index contributed by atoms with van der Waals surface area (Å²) in [4.78, 5) is 0. The smallest absolute Gasteiger partial charge is 0.144 e. The van der Waals surface area contributed by atoms with Crippen molar-refractivity contribution in [1.82, 2.24) is 0 Å². The fourth-order valence-corrected chi connectivity index (χ4v) is 1.72. The lowest BCUT2D eigenvalue weighted by Gasteiger charge is -2.10. The van der Waals surface area contributed by atoms with Gasteiger partial charge < -0.3 is 5.73 Å². The van der Waals surface area contributed by atoms with Crippen LogP contribution in [0.25, 0.3) is 0 Å². The number of hydrogen-bond donors (Lipinski definition) is 1. The molecule has 0 aromatic heterocycles. The fraction of sp³-hybridized carbons (Fsp3) is 0.500. The molecule has 0 saturated heterocycles. The lowest BCUT2D eigenvalue weighted by molar-refractivity contribution is 0.603. The minimum atomic E-state index is -0.297. The van der Waals surface area contributed by atoms with Gasteiger partial charge in [-0.15, -0.1) is 0 Å². The minimum absolute atomic E-state index is 0.216. The average molecular weight is 230 g/mol. The molecule has 0 heterocycles. The van der Waals surface area contributed by atoms with Gasteiger partial charge in [-0.1, -0.05) is 31.5 Å². The Morgan fingerprint density at radius 2 is 2.07 bits per heavy atom. The van der Waals surface area contributed by atoms with Crippen LogP contribution in [0.3, 0.4) is 0 Å². The number of aryl methyl sites for hydroxylation is 1. The van der Waals surface area contributed by atoms with Crippen LogP contribution in [-0.4, -0.2) is 6.54 Å². The van der Waals surface area contributed by atoms with Crippen LogP contribution < -0.4 is 5.73 Å². The molecule has 0 unspecified atom stereocenters. The van der Waals surface area contributed by atoms with Crippen LogP contribution in [0.15, 0.2) is 12.1 Å². The number of halogens is 2. The molecule has 0 aliphatic carbocycles. The zero-order valence-electron chi connectivity index (χ0n) is 9.19. The van der Waals surface area contributed by atoms with Crippen LogP contribution >= 0.6 is 11.6 Å². The molecule has 0 spiro atoms. The van der Waals surface area contributed by atoms with E-state index in [1.807, 2.05) is 6.07 Å². The summed E-state index contributed by atoms with van der Waals surface area (Å²) in [5.41, 5.74) is 7.16. The number of rotatable bonds is 4. The molecular formula is C12H17ClFN. The van der Waals surface area contributed by atoms with Crippen molar-refractivity contribution in [3.63, 3.8) is 0 Å². The molecule has 2 N–H and O–H groups in total. The minimum Gasteiger partial charge on any atom is -0.330 e. The average Bonchev–Trinajstić information content (AvgIpc) is 2.19. The van der Waals surface area contributed by atoms with Crippen LogP contribution in [0.4, 0.5) is 4.39 Å². The first-order chi connectivity index (χ1) is 7.06. The first kappa shape index (κ1) is 12.5. The number of nitrogens with two attached hydrogens (primary N) is 1. The van der Waals surface area contributed by atoms with E-state index in [0.29, 0.717) is 24.4 Å². The maximum absolute atomic E-state index is 13.6. The van der Waals surface area contributed by atoms with Gasteiger partial charge in [0.15, 0.2) is 0 Å². The van der Waals surface area contributed by atoms with Gasteiger partial charge in [-0.05, 0) is 42.5 Å². The van der Waals surface area contributed by atoms with E-state index in [4.69, 9.17) is 17.3 Å². The standard InChI is InChI=1S/C12H17ClFN/c1-8(2)10-6-9(4-3-5-15)12(14)11(13)7-10/h6-8H,3-5,15H2,1-2H3. The third-order valence-corrected chi connectivity index (χ3v) is 2.72. The Labute approximate surface area is 95.4 Å². The van der Waals surface area contributed by atoms with E-state index in [0.717, 1.165) is 12.0 Å². The van der Waals surface area contributed by atoms with E-state index >= 15 is 0 Å². The summed E-state index contributed by atoms with van der Waals surface area (Å²) in [5, 5.41) is 0.216. The van der Waals surface area contributed by atoms with E-state index in [-0.39, 0.29) is 10.8 Å². The van der Waals surface area contributed by atoms with Gasteiger partial charge in [0, 0.05) is 0 Å². The normalized spacial score (nSPS) is 11.1. The third-order valence-electron chi connectivity index (χ3n) is 2.44. The molecule has 0 radical (unpaired) electrons. The Balaban J connectivity index is 3.02. The van der Waals surface area contributed by atoms with Crippen molar-refractivity contribution in [3.05, 3.63) is 34.1 Å². The molecule has 1 rings (SSSR count). The highest BCUT2D eigenvalue weighted by atomic mass is 35.5. The predicted octanol–water partition coefficient (Wildman–Crippen LogP) is 3.49. The molecule has 0 aliphatic rings. The molecule has 0 atom stereocenters. The van der Waals surface area contributed by atoms with Crippen molar-refractivity contribution in [1.29, 1.82) is 0 Å². The number of hydrogen-bond acceptors (Lipinski definition) is 1. The van der Waals surface area contributed by atoms with Crippen molar-refractivity contribution in [2.45, 2.75) is 32.6 Å². The summed E-state index contributed by atoms with van der Waals surface area (Å²) in [6.45, 7) is 4.70. The van der Waals surface area contributed by atoms with E-state index < -0.39 is 0 Å². The first-order valence-electron chi connectivity index (χ1n) is 5.24. The Hall–Kier alpha value is -0.600. The van der Waals surface area contributed by atoms with Crippen LogP contribution in [-0.2, 0) is 6.42 Å². The highest BCUT2D eigenvalue weighted by Gasteiger charge is 2.10. The van der Waals surface area contributed by atoms with Crippen molar-refractivity contribution >= 4 is 11.6 Å². The summed E-state index contributed by atoms with van der Waals surface area (Å²) in [7, 11) is 0. The zero-order valence-corrected chi connectivity index (χ0v) is 9.94. The molecule has 0 amide bonds. The van der Waals surface area contributed by atoms with Crippen molar-refractivity contribution < 1.29 is 4.39 Å². The summed E-state index contributed by atoms with van der Waals surface area (Å²) >= 11 is 5.84. The van der Waals surface area contributed by atoms with Crippen molar-refractivity contribution in [2.75, 3.05) is 6.54 Å². The Morgan fingerprint density at radius 3 is 2.60 bits per heavy atom. The Morgan fingerprint density at radius 1 is 1.40 bits per heavy atom. The van der Waals surface area contributed by atoms with E-state index in [2.05, 4.69) is 13.8 Å². The van der Waals surface area contributed by atoms with E-state index in [1.165, 1.54) is 0 Å². The molecule has 15 heavy (non-hydrogen) atoms. The lowest BCUT2D eigenvalue weighted by atomic mass is 9.98. The first-order valence-corrected chi connectivity index (χ1v) is 5.62. The van der Waals surface area contributed by atoms with Gasteiger partial charge >= 0.3 is 0 Å². The van der Waals surface area contributed by atoms with Gasteiger partial charge in [0.05, 0.1) is 5.02 Å². The molecule has 3 heteroatoms. The predicted molar refractivity (Wildman–Crippen MR) is 62.9 cm³/mol. The van der Waals surface area contributed by atoms with Gasteiger partial charge in [0.2, 0.25) is 0 Å². The van der Waals surface area contributed by atoms with Crippen LogP contribution in [0, 0.1) is 5.82 Å². The van der Waals surface area contributed by atoms with Gasteiger partial charge in [0.25, 0.3) is 0 Å². The monoisotopic (exact) mass is 229 g/mol. The quantitative estimate of drug-likeness (QED) is 0.841. The SMILES string of the molecule is CC(C)c1cc(Cl)c(F)c(CCCN)c1. The fourth-order valence-electron chi connectivity index (χ4n) is 1.48. The topological polar surface area (TPSA) is 26.0 Å². The summed E-state index contributed by atoms with van der Waals surface area (Å²) in [6, 6.07) is 3.59. The second-order valence-corrected chi connectivity index (χ2v) is 4.43. The molecule has 0 aliphatic heterocycles. The van der Waals surface area contributed by atoms with Crippen LogP contribution in [0.1, 0.15) is 37.3 Å². The zero-order chi connectivity index (χ0) is 11.4. The van der Waals surface area contributed by atoms with Crippen LogP contribution in [0.2, 0.25) is 5.02 Å². The van der Waals surface area contributed by atoms with Gasteiger partial charge in [-0.2, -0.15) is 0 Å². The molecule has 0 fully saturated rings. The molecule has 1 nitrogen and oxygen atoms in total. The van der Waals surface area contributed by atoms with E-state index in [1.54, 1.807) is 6.07 Å². The summed E-state index contributed by atoms with van der Waals surface area (Å²) in [5.74, 6) is 0.0641. The van der Waals surface area contributed by atoms with E-state index in [9.17, 15) is 4.39 Å². The van der Waals surface area contributed by atoms with Gasteiger partial charge in [-0.25, -0.2) is 4.39 Å². The third kappa shape index (κ3) is 3.18. The number of benzene rings is 1. The van der Waals surface area contributed by atoms with Gasteiger partial charge in [0.1, 0.15) is 5.82 Å². The largest absolute Gasteiger partial charge is 0.330 e.